The van der Waals surface area contributed by atoms with E-state index in [4.69, 9.17) is 0 Å². The lowest BCUT2D eigenvalue weighted by atomic mass is 10.0. The molecule has 1 N–H and O–H groups in total. The molecule has 0 spiro atoms. The Morgan fingerprint density at radius 2 is 2.17 bits per heavy atom. The number of nitrogens with zero attached hydrogens (tertiary/aromatic N) is 1. The Balaban J connectivity index is 2.03. The molecule has 2 rings (SSSR count). The van der Waals surface area contributed by atoms with E-state index in [1.54, 1.807) is 18.0 Å². The van der Waals surface area contributed by atoms with Crippen molar-refractivity contribution in [2.75, 3.05) is 20.1 Å². The van der Waals surface area contributed by atoms with Crippen LogP contribution in [0.4, 0.5) is 4.39 Å². The van der Waals surface area contributed by atoms with Gasteiger partial charge in [0.1, 0.15) is 5.82 Å². The molecular weight excluding hydrogens is 231 g/mol. The second-order valence-electron chi connectivity index (χ2n) is 4.62. The first-order valence-corrected chi connectivity index (χ1v) is 5.97. The van der Waals surface area contributed by atoms with Crippen LogP contribution in [0.1, 0.15) is 12.5 Å². The van der Waals surface area contributed by atoms with Crippen LogP contribution < -0.4 is 5.32 Å². The first kappa shape index (κ1) is 12.8. The van der Waals surface area contributed by atoms with Crippen molar-refractivity contribution < 1.29 is 9.18 Å². The number of hydrogen-bond donors (Lipinski definition) is 1. The quantitative estimate of drug-likeness (QED) is 0.826. The molecule has 1 heterocycles. The molecule has 3 nitrogen and oxygen atoms in total. The molecule has 1 aliphatic rings. The Bertz CT molecular complexity index is 490. The van der Waals surface area contributed by atoms with Crippen LogP contribution in [0.5, 0.6) is 0 Å². The lowest BCUT2D eigenvalue weighted by Gasteiger charge is -2.24. The molecular formula is C14H17FN2O. The van der Waals surface area contributed by atoms with Crippen molar-refractivity contribution in [2.45, 2.75) is 13.5 Å². The van der Waals surface area contributed by atoms with Gasteiger partial charge < -0.3 is 10.2 Å². The number of halogens is 1. The van der Waals surface area contributed by atoms with E-state index in [-0.39, 0.29) is 11.7 Å². The van der Waals surface area contributed by atoms with E-state index in [0.29, 0.717) is 6.54 Å². The van der Waals surface area contributed by atoms with E-state index in [2.05, 4.69) is 5.32 Å². The maximum absolute atomic E-state index is 13.0. The van der Waals surface area contributed by atoms with Crippen LogP contribution in [0.25, 0.3) is 0 Å². The second kappa shape index (κ2) is 5.31. The molecule has 18 heavy (non-hydrogen) atoms. The summed E-state index contributed by atoms with van der Waals surface area (Å²) in [5, 5.41) is 3.11. The van der Waals surface area contributed by atoms with Crippen LogP contribution in [0.3, 0.4) is 0 Å². The first-order chi connectivity index (χ1) is 8.58. The number of nitrogens with one attached hydrogen (secondary N) is 1. The zero-order chi connectivity index (χ0) is 13.1. The fourth-order valence-corrected chi connectivity index (χ4v) is 1.93. The molecule has 1 fully saturated rings. The van der Waals surface area contributed by atoms with Crippen LogP contribution in [0, 0.1) is 5.82 Å². The summed E-state index contributed by atoms with van der Waals surface area (Å²) in [5.41, 5.74) is 2.76. The lowest BCUT2D eigenvalue weighted by molar-refractivity contribution is -0.126. The summed E-state index contributed by atoms with van der Waals surface area (Å²) in [6.07, 6.45) is 0. The Morgan fingerprint density at radius 3 is 2.72 bits per heavy atom. The van der Waals surface area contributed by atoms with Gasteiger partial charge in [0, 0.05) is 32.3 Å². The van der Waals surface area contributed by atoms with E-state index >= 15 is 0 Å². The zero-order valence-corrected chi connectivity index (χ0v) is 10.7. The van der Waals surface area contributed by atoms with Gasteiger partial charge in [-0.2, -0.15) is 0 Å². The van der Waals surface area contributed by atoms with E-state index in [1.807, 2.05) is 13.0 Å². The summed E-state index contributed by atoms with van der Waals surface area (Å²) in [6, 6.07) is 6.33. The Kier molecular flexibility index (Phi) is 3.77. The fraction of sp³-hybridized carbons (Fsp3) is 0.357. The van der Waals surface area contributed by atoms with Gasteiger partial charge in [0.25, 0.3) is 0 Å². The highest BCUT2D eigenvalue weighted by Gasteiger charge is 2.18. The van der Waals surface area contributed by atoms with Crippen LogP contribution >= 0.6 is 0 Å². The third-order valence-electron chi connectivity index (χ3n) is 3.18. The van der Waals surface area contributed by atoms with Gasteiger partial charge in [0.05, 0.1) is 0 Å². The van der Waals surface area contributed by atoms with Crippen molar-refractivity contribution in [2.24, 2.45) is 0 Å². The average Bonchev–Trinajstić information content (AvgIpc) is 2.25. The summed E-state index contributed by atoms with van der Waals surface area (Å²) in [5.74, 6) is -0.262. The highest BCUT2D eigenvalue weighted by molar-refractivity contribution is 5.93. The van der Waals surface area contributed by atoms with Crippen molar-refractivity contribution in [3.05, 3.63) is 46.8 Å². The molecule has 0 unspecified atom stereocenters. The van der Waals surface area contributed by atoms with Crippen LogP contribution in [0.2, 0.25) is 0 Å². The molecule has 4 heteroatoms. The Morgan fingerprint density at radius 1 is 1.44 bits per heavy atom. The molecule has 1 aromatic carbocycles. The Hall–Kier alpha value is -1.68. The van der Waals surface area contributed by atoms with E-state index in [1.165, 1.54) is 12.1 Å². The van der Waals surface area contributed by atoms with Crippen molar-refractivity contribution in [3.63, 3.8) is 0 Å². The number of carbonyl (C=O) groups is 1. The van der Waals surface area contributed by atoms with Gasteiger partial charge in [-0.1, -0.05) is 12.1 Å². The monoisotopic (exact) mass is 248 g/mol. The number of carbonyl (C=O) groups excluding carboxylic acids is 1. The normalized spacial score (nSPS) is 14.1. The third-order valence-corrected chi connectivity index (χ3v) is 3.18. The van der Waals surface area contributed by atoms with Gasteiger partial charge in [-0.15, -0.1) is 0 Å². The second-order valence-corrected chi connectivity index (χ2v) is 4.62. The number of rotatable bonds is 3. The molecule has 1 amide bonds. The number of hydrogen-bond acceptors (Lipinski definition) is 2. The molecule has 0 aliphatic carbocycles. The summed E-state index contributed by atoms with van der Waals surface area (Å²) < 4.78 is 13.0. The van der Waals surface area contributed by atoms with Gasteiger partial charge >= 0.3 is 0 Å². The van der Waals surface area contributed by atoms with Crippen LogP contribution in [-0.4, -0.2) is 30.9 Å². The van der Waals surface area contributed by atoms with E-state index < -0.39 is 0 Å². The van der Waals surface area contributed by atoms with Gasteiger partial charge in [0.15, 0.2) is 0 Å². The smallest absolute Gasteiger partial charge is 0.249 e. The maximum atomic E-state index is 13.0. The standard InChI is InChI=1S/C14H17FN2O/c1-10(12-7-16-8-12)14(18)17(2)9-11-4-3-5-13(15)6-11/h3-6,16H,7-9H2,1-2H3. The molecule has 0 saturated carbocycles. The maximum Gasteiger partial charge on any atom is 0.249 e. The minimum atomic E-state index is -0.272. The largest absolute Gasteiger partial charge is 0.338 e. The highest BCUT2D eigenvalue weighted by atomic mass is 19.1. The zero-order valence-electron chi connectivity index (χ0n) is 10.7. The number of likely N-dealkylation sites (N-methyl/N-ethyl adjacent to an activating group) is 1. The number of benzene rings is 1. The molecule has 0 atom stereocenters. The minimum Gasteiger partial charge on any atom is -0.338 e. The van der Waals surface area contributed by atoms with Crippen LogP contribution in [-0.2, 0) is 11.3 Å². The molecule has 1 saturated heterocycles. The summed E-state index contributed by atoms with van der Waals surface area (Å²) >= 11 is 0. The van der Waals surface area contributed by atoms with Crippen molar-refractivity contribution in [1.29, 1.82) is 0 Å². The predicted octanol–water partition coefficient (Wildman–Crippen LogP) is 1.70. The van der Waals surface area contributed by atoms with E-state index in [0.717, 1.165) is 29.8 Å². The molecule has 96 valence electrons. The van der Waals surface area contributed by atoms with Crippen LogP contribution in [0.15, 0.2) is 35.4 Å². The molecule has 0 radical (unpaired) electrons. The third kappa shape index (κ3) is 2.76. The lowest BCUT2D eigenvalue weighted by Crippen LogP contribution is -2.38. The van der Waals surface area contributed by atoms with E-state index in [9.17, 15) is 9.18 Å². The Labute approximate surface area is 106 Å². The average molecular weight is 248 g/mol. The van der Waals surface area contributed by atoms with Crippen molar-refractivity contribution in [1.82, 2.24) is 10.2 Å². The van der Waals surface area contributed by atoms with Gasteiger partial charge in [-0.25, -0.2) is 4.39 Å². The summed E-state index contributed by atoms with van der Waals surface area (Å²) in [6.45, 7) is 3.87. The highest BCUT2D eigenvalue weighted by Crippen LogP contribution is 2.13. The molecule has 1 aromatic rings. The summed E-state index contributed by atoms with van der Waals surface area (Å²) in [4.78, 5) is 13.7. The SMILES string of the molecule is CC(C(=O)N(C)Cc1cccc(F)c1)=C1CNC1. The molecule has 0 bridgehead atoms. The topological polar surface area (TPSA) is 32.3 Å². The fourth-order valence-electron chi connectivity index (χ4n) is 1.93. The number of amides is 1. The van der Waals surface area contributed by atoms with Gasteiger partial charge in [-0.3, -0.25) is 4.79 Å². The van der Waals surface area contributed by atoms with Crippen molar-refractivity contribution in [3.8, 4) is 0 Å². The molecule has 0 aromatic heterocycles. The van der Waals surface area contributed by atoms with Gasteiger partial charge in [-0.05, 0) is 30.2 Å². The predicted molar refractivity (Wildman–Crippen MR) is 68.4 cm³/mol. The first-order valence-electron chi connectivity index (χ1n) is 5.97. The van der Waals surface area contributed by atoms with Gasteiger partial charge in [0.2, 0.25) is 5.91 Å². The minimum absolute atomic E-state index is 0.00996. The summed E-state index contributed by atoms with van der Waals surface area (Å²) in [7, 11) is 1.74. The molecule has 1 aliphatic heterocycles. The van der Waals surface area contributed by atoms with Crippen molar-refractivity contribution >= 4 is 5.91 Å².